The Hall–Kier alpha value is -2.79. The topological polar surface area (TPSA) is 62.7 Å². The minimum Gasteiger partial charge on any atom is -0.489 e. The summed E-state index contributed by atoms with van der Waals surface area (Å²) >= 11 is 6.44. The van der Waals surface area contributed by atoms with E-state index in [1.165, 1.54) is 0 Å². The Morgan fingerprint density at radius 1 is 1.33 bits per heavy atom. The van der Waals surface area contributed by atoms with Gasteiger partial charge >= 0.3 is 0 Å². The van der Waals surface area contributed by atoms with Gasteiger partial charge in [0.25, 0.3) is 0 Å². The second kappa shape index (κ2) is 10.3. The number of carbonyl (C=O) groups excluding carboxylic acids is 1. The maximum atomic E-state index is 11.9. The highest BCUT2D eigenvalue weighted by Crippen LogP contribution is 2.33. The third-order valence-corrected chi connectivity index (χ3v) is 4.84. The van der Waals surface area contributed by atoms with Crippen molar-refractivity contribution in [2.75, 3.05) is 6.54 Å². The van der Waals surface area contributed by atoms with Gasteiger partial charge in [-0.05, 0) is 58.4 Å². The minimum atomic E-state index is -0.0701. The molecule has 1 amide bonds. The van der Waals surface area contributed by atoms with Gasteiger partial charge in [0.15, 0.2) is 0 Å². The van der Waals surface area contributed by atoms with Crippen LogP contribution in [0.1, 0.15) is 45.2 Å². The molecule has 0 spiro atoms. The van der Waals surface area contributed by atoms with Crippen molar-refractivity contribution < 1.29 is 9.53 Å². The fourth-order valence-corrected chi connectivity index (χ4v) is 3.33. The molecule has 0 saturated carbocycles. The molecule has 0 saturated heterocycles. The zero-order chi connectivity index (χ0) is 22.4. The van der Waals surface area contributed by atoms with Crippen LogP contribution in [0.4, 0.5) is 0 Å². The van der Waals surface area contributed by atoms with Gasteiger partial charge in [0.05, 0.1) is 28.2 Å². The lowest BCUT2D eigenvalue weighted by molar-refractivity contribution is -0.117. The number of hydrogen-bond acceptors (Lipinski definition) is 4. The SMILES string of the molecule is C=C(NC1=C(C)C(=O)NCC1)C(/C=C\C)=NC(=C)c1cc(C)c(OC(C)C)c(Cl)c1. The maximum Gasteiger partial charge on any atom is 0.248 e. The van der Waals surface area contributed by atoms with Crippen molar-refractivity contribution in [3.05, 3.63) is 70.6 Å². The van der Waals surface area contributed by atoms with Crippen molar-refractivity contribution in [3.8, 4) is 5.75 Å². The first-order valence-corrected chi connectivity index (χ1v) is 10.3. The third kappa shape index (κ3) is 5.86. The number of allylic oxidation sites excluding steroid dienone is 2. The summed E-state index contributed by atoms with van der Waals surface area (Å²) < 4.78 is 5.80. The number of aryl methyl sites for hydroxylation is 1. The Morgan fingerprint density at radius 2 is 2.03 bits per heavy atom. The number of halogens is 1. The lowest BCUT2D eigenvalue weighted by atomic mass is 10.1. The largest absolute Gasteiger partial charge is 0.489 e. The monoisotopic (exact) mass is 427 g/mol. The Labute approximate surface area is 184 Å². The van der Waals surface area contributed by atoms with Crippen LogP contribution in [0, 0.1) is 6.92 Å². The van der Waals surface area contributed by atoms with Crippen LogP contribution in [0.2, 0.25) is 5.02 Å². The van der Waals surface area contributed by atoms with Crippen LogP contribution in [0.5, 0.6) is 5.75 Å². The molecule has 2 N–H and O–H groups in total. The number of rotatable bonds is 8. The molecule has 0 radical (unpaired) electrons. The molecular formula is C24H30ClN3O2. The van der Waals surface area contributed by atoms with Gasteiger partial charge in [0.1, 0.15) is 5.75 Å². The van der Waals surface area contributed by atoms with E-state index in [0.29, 0.717) is 46.4 Å². The van der Waals surface area contributed by atoms with Crippen LogP contribution < -0.4 is 15.4 Å². The molecule has 0 atom stereocenters. The van der Waals surface area contributed by atoms with Crippen LogP contribution in [-0.4, -0.2) is 24.3 Å². The molecule has 0 fully saturated rings. The van der Waals surface area contributed by atoms with Crippen LogP contribution in [0.3, 0.4) is 0 Å². The summed E-state index contributed by atoms with van der Waals surface area (Å²) in [5.41, 5.74) is 5.01. The number of carbonyl (C=O) groups is 1. The number of aliphatic imine (C=N–C) groups is 1. The van der Waals surface area contributed by atoms with E-state index in [9.17, 15) is 4.79 Å². The van der Waals surface area contributed by atoms with Crippen molar-refractivity contribution in [3.63, 3.8) is 0 Å². The van der Waals surface area contributed by atoms with Crippen LogP contribution in [0.15, 0.2) is 59.4 Å². The van der Waals surface area contributed by atoms with Crippen molar-refractivity contribution in [2.24, 2.45) is 4.99 Å². The quantitative estimate of drug-likeness (QED) is 0.552. The molecule has 1 aliphatic rings. The van der Waals surface area contributed by atoms with Gasteiger partial charge in [-0.2, -0.15) is 0 Å². The van der Waals surface area contributed by atoms with E-state index in [1.54, 1.807) is 13.0 Å². The molecule has 1 aromatic rings. The normalized spacial score (nSPS) is 14.9. The Morgan fingerprint density at radius 3 is 2.63 bits per heavy atom. The Kier molecular flexibility index (Phi) is 8.07. The summed E-state index contributed by atoms with van der Waals surface area (Å²) in [7, 11) is 0. The molecular weight excluding hydrogens is 398 g/mol. The van der Waals surface area contributed by atoms with Gasteiger partial charge in [-0.15, -0.1) is 0 Å². The molecule has 2 rings (SSSR count). The summed E-state index contributed by atoms with van der Waals surface area (Å²) in [5.74, 6) is 0.601. The molecule has 0 bridgehead atoms. The van der Waals surface area contributed by atoms with E-state index >= 15 is 0 Å². The molecule has 1 aliphatic heterocycles. The van der Waals surface area contributed by atoms with E-state index in [2.05, 4.69) is 28.8 Å². The first-order chi connectivity index (χ1) is 14.1. The van der Waals surface area contributed by atoms with Gasteiger partial charge in [-0.25, -0.2) is 4.99 Å². The Balaban J connectivity index is 2.30. The van der Waals surface area contributed by atoms with Crippen LogP contribution in [0.25, 0.3) is 5.70 Å². The molecule has 30 heavy (non-hydrogen) atoms. The zero-order valence-electron chi connectivity index (χ0n) is 18.4. The standard InChI is InChI=1S/C24H30ClN3O2/c1-8-9-22(18(7)28-21-10-11-26-24(29)16(21)5)27-17(6)19-12-15(4)23(20(25)13-19)30-14(2)3/h8-9,12-14,28H,6-7,10-11H2,1-5H3,(H,26,29)/b9-8-,27-22?. The summed E-state index contributed by atoms with van der Waals surface area (Å²) in [5, 5.41) is 6.59. The van der Waals surface area contributed by atoms with Crippen molar-refractivity contribution >= 4 is 28.9 Å². The summed E-state index contributed by atoms with van der Waals surface area (Å²) in [6.45, 7) is 18.4. The average Bonchev–Trinajstić information content (AvgIpc) is 2.67. The second-order valence-corrected chi connectivity index (χ2v) is 7.83. The third-order valence-electron chi connectivity index (χ3n) is 4.56. The lowest BCUT2D eigenvalue weighted by Crippen LogP contribution is -2.35. The summed E-state index contributed by atoms with van der Waals surface area (Å²) in [6, 6.07) is 3.76. The molecule has 1 heterocycles. The molecule has 1 aromatic carbocycles. The highest BCUT2D eigenvalue weighted by atomic mass is 35.5. The minimum absolute atomic E-state index is 0.0311. The van der Waals surface area contributed by atoms with E-state index in [4.69, 9.17) is 16.3 Å². The van der Waals surface area contributed by atoms with Gasteiger partial charge in [-0.3, -0.25) is 4.79 Å². The smallest absolute Gasteiger partial charge is 0.248 e. The molecule has 0 aromatic heterocycles. The number of benzene rings is 1. The molecule has 5 nitrogen and oxygen atoms in total. The lowest BCUT2D eigenvalue weighted by Gasteiger charge is -2.21. The van der Waals surface area contributed by atoms with Crippen molar-refractivity contribution in [1.82, 2.24) is 10.6 Å². The van der Waals surface area contributed by atoms with Gasteiger partial charge in [0, 0.05) is 29.8 Å². The predicted octanol–water partition coefficient (Wildman–Crippen LogP) is 5.32. The first-order valence-electron chi connectivity index (χ1n) is 9.95. The van der Waals surface area contributed by atoms with E-state index in [1.807, 2.05) is 45.9 Å². The Bertz CT molecular complexity index is 932. The number of amides is 1. The zero-order valence-corrected chi connectivity index (χ0v) is 19.1. The molecule has 160 valence electrons. The number of hydrogen-bond donors (Lipinski definition) is 2. The fourth-order valence-electron chi connectivity index (χ4n) is 3.02. The number of ether oxygens (including phenoxy) is 1. The average molecular weight is 428 g/mol. The molecule has 6 heteroatoms. The molecule has 0 aliphatic carbocycles. The maximum absolute atomic E-state index is 11.9. The van der Waals surface area contributed by atoms with Crippen LogP contribution >= 0.6 is 11.6 Å². The summed E-state index contributed by atoms with van der Waals surface area (Å²) in [6.07, 6.45) is 4.48. The molecule has 0 unspecified atom stereocenters. The second-order valence-electron chi connectivity index (χ2n) is 7.43. The van der Waals surface area contributed by atoms with E-state index < -0.39 is 0 Å². The highest BCUT2D eigenvalue weighted by molar-refractivity contribution is 6.32. The number of nitrogens with one attached hydrogen (secondary N) is 2. The highest BCUT2D eigenvalue weighted by Gasteiger charge is 2.17. The van der Waals surface area contributed by atoms with Gasteiger partial charge in [-0.1, -0.05) is 30.8 Å². The van der Waals surface area contributed by atoms with E-state index in [-0.39, 0.29) is 12.0 Å². The summed E-state index contributed by atoms with van der Waals surface area (Å²) in [4.78, 5) is 16.6. The first kappa shape index (κ1) is 23.5. The van der Waals surface area contributed by atoms with Crippen molar-refractivity contribution in [2.45, 2.75) is 47.1 Å². The van der Waals surface area contributed by atoms with E-state index in [0.717, 1.165) is 16.8 Å². The van der Waals surface area contributed by atoms with Crippen molar-refractivity contribution in [1.29, 1.82) is 0 Å². The number of nitrogens with zero attached hydrogens (tertiary/aromatic N) is 1. The van der Waals surface area contributed by atoms with Gasteiger partial charge in [0.2, 0.25) is 5.91 Å². The fraction of sp³-hybridized carbons (Fsp3) is 0.333. The van der Waals surface area contributed by atoms with Crippen LogP contribution in [-0.2, 0) is 4.79 Å². The van der Waals surface area contributed by atoms with Gasteiger partial charge < -0.3 is 15.4 Å². The predicted molar refractivity (Wildman–Crippen MR) is 126 cm³/mol.